The Bertz CT molecular complexity index is 1240. The van der Waals surface area contributed by atoms with Gasteiger partial charge in [-0.1, -0.05) is 12.1 Å². The summed E-state index contributed by atoms with van der Waals surface area (Å²) in [6.45, 7) is 1.68. The number of hydrogen-bond donors (Lipinski definition) is 1. The number of aliphatic hydroxyl groups is 1. The van der Waals surface area contributed by atoms with Crippen LogP contribution in [0.5, 0.6) is 5.75 Å². The van der Waals surface area contributed by atoms with Gasteiger partial charge in [-0.25, -0.2) is 4.98 Å². The first-order chi connectivity index (χ1) is 19.4. The van der Waals surface area contributed by atoms with Crippen LogP contribution in [0, 0.1) is 5.92 Å². The van der Waals surface area contributed by atoms with Crippen LogP contribution < -0.4 is 9.64 Å². The van der Waals surface area contributed by atoms with Crippen LogP contribution in [0.1, 0.15) is 66.1 Å². The third-order valence-electron chi connectivity index (χ3n) is 8.11. The van der Waals surface area contributed by atoms with Crippen molar-refractivity contribution in [2.75, 3.05) is 52.8 Å². The number of methoxy groups -OCH3 is 1. The van der Waals surface area contributed by atoms with Gasteiger partial charge >= 0.3 is 6.18 Å². The normalized spacial score (nSPS) is 17.6. The zero-order valence-electron chi connectivity index (χ0n) is 24.1. The van der Waals surface area contributed by atoms with Crippen molar-refractivity contribution in [2.45, 2.75) is 56.2 Å². The lowest BCUT2D eigenvalue weighted by atomic mass is 9.90. The Morgan fingerprint density at radius 2 is 1.76 bits per heavy atom. The summed E-state index contributed by atoms with van der Waals surface area (Å²) in [5.41, 5.74) is -2.70. The van der Waals surface area contributed by atoms with E-state index in [-0.39, 0.29) is 18.2 Å². The molecule has 0 unspecified atom stereocenters. The van der Waals surface area contributed by atoms with Crippen molar-refractivity contribution in [3.63, 3.8) is 0 Å². The molecule has 1 atom stereocenters. The van der Waals surface area contributed by atoms with Crippen LogP contribution in [-0.4, -0.2) is 85.8 Å². The van der Waals surface area contributed by atoms with Gasteiger partial charge in [0.2, 0.25) is 0 Å². The first-order valence-electron chi connectivity index (χ1n) is 14.0. The quantitative estimate of drug-likeness (QED) is 0.446. The van der Waals surface area contributed by atoms with Gasteiger partial charge in [0.25, 0.3) is 17.4 Å². The standard InChI is InChI=1S/C30H39F3N4O4/c1-35(2)27(38)24-12-13-25(34-26(24)21-10-11-21)37-17-14-20(15-18-37)7-6-16-36(3)28(39)29(40,30(31,32)33)22-8-5-9-23(19-22)41-4/h5,8-9,12-13,19-21,40H,6-7,10-11,14-18H2,1-4H3/t29-/m1/s1. The molecule has 0 bridgehead atoms. The molecule has 2 heterocycles. The second-order valence-electron chi connectivity index (χ2n) is 11.3. The molecule has 224 valence electrons. The Balaban J connectivity index is 1.32. The van der Waals surface area contributed by atoms with E-state index in [0.29, 0.717) is 23.8 Å². The Kier molecular flexibility index (Phi) is 9.16. The minimum absolute atomic E-state index is 0.0368. The molecule has 1 saturated carbocycles. The molecule has 8 nitrogen and oxygen atoms in total. The SMILES string of the molecule is COc1cccc([C@@](O)(C(=O)N(C)CCCC2CCN(c3ccc(C(=O)N(C)C)c(C4CC4)n3)CC2)C(F)(F)F)c1. The topological polar surface area (TPSA) is 86.2 Å². The molecule has 4 rings (SSSR count). The van der Waals surface area contributed by atoms with Crippen molar-refractivity contribution in [3.8, 4) is 5.75 Å². The van der Waals surface area contributed by atoms with Gasteiger partial charge in [0.05, 0.1) is 18.4 Å². The molecule has 11 heteroatoms. The van der Waals surface area contributed by atoms with Gasteiger partial charge in [-0.2, -0.15) is 13.2 Å². The summed E-state index contributed by atoms with van der Waals surface area (Å²) in [6.07, 6.45) is -0.0505. The van der Waals surface area contributed by atoms with E-state index in [4.69, 9.17) is 9.72 Å². The summed E-state index contributed by atoms with van der Waals surface area (Å²) in [7, 11) is 6.07. The summed E-state index contributed by atoms with van der Waals surface area (Å²) >= 11 is 0. The number of alkyl halides is 3. The van der Waals surface area contributed by atoms with Crippen LogP contribution in [0.4, 0.5) is 19.0 Å². The number of nitrogens with zero attached hydrogens (tertiary/aromatic N) is 4. The fourth-order valence-electron chi connectivity index (χ4n) is 5.43. The second-order valence-corrected chi connectivity index (χ2v) is 11.3. The number of pyridine rings is 1. The molecule has 1 aromatic carbocycles. The molecule has 1 saturated heterocycles. The smallest absolute Gasteiger partial charge is 0.430 e. The van der Waals surface area contributed by atoms with Crippen molar-refractivity contribution in [3.05, 3.63) is 53.2 Å². The highest BCUT2D eigenvalue weighted by atomic mass is 19.4. The number of piperidine rings is 1. The van der Waals surface area contributed by atoms with E-state index in [2.05, 4.69) is 4.90 Å². The summed E-state index contributed by atoms with van der Waals surface area (Å²) in [5.74, 6) is 0.239. The maximum atomic E-state index is 14.0. The van der Waals surface area contributed by atoms with Crippen LogP contribution in [-0.2, 0) is 10.4 Å². The van der Waals surface area contributed by atoms with Crippen LogP contribution >= 0.6 is 0 Å². The van der Waals surface area contributed by atoms with Crippen LogP contribution in [0.15, 0.2) is 36.4 Å². The van der Waals surface area contributed by atoms with Crippen molar-refractivity contribution < 1.29 is 32.6 Å². The molecule has 1 N–H and O–H groups in total. The lowest BCUT2D eigenvalue weighted by molar-refractivity contribution is -0.261. The van der Waals surface area contributed by atoms with Gasteiger partial charge in [0.15, 0.2) is 0 Å². The molecule has 2 aliphatic rings. The number of hydrogen-bond acceptors (Lipinski definition) is 6. The molecule has 2 fully saturated rings. The highest BCUT2D eigenvalue weighted by Gasteiger charge is 2.61. The molecular formula is C30H39F3N4O4. The average molecular weight is 577 g/mol. The van der Waals surface area contributed by atoms with Crippen molar-refractivity contribution in [1.29, 1.82) is 0 Å². The average Bonchev–Trinajstić information content (AvgIpc) is 3.81. The molecule has 2 aromatic rings. The number of ether oxygens (including phenoxy) is 1. The lowest BCUT2D eigenvalue weighted by Crippen LogP contribution is -2.55. The number of halogens is 3. The van der Waals surface area contributed by atoms with E-state index in [1.807, 2.05) is 12.1 Å². The molecule has 2 amide bonds. The van der Waals surface area contributed by atoms with Crippen LogP contribution in [0.2, 0.25) is 0 Å². The summed E-state index contributed by atoms with van der Waals surface area (Å²) in [6, 6.07) is 8.65. The molecule has 1 aliphatic carbocycles. The van der Waals surface area contributed by atoms with Gasteiger partial charge in [0.1, 0.15) is 11.6 Å². The fraction of sp³-hybridized carbons (Fsp3) is 0.567. The van der Waals surface area contributed by atoms with E-state index in [1.165, 1.54) is 26.3 Å². The second kappa shape index (κ2) is 12.3. The molecule has 0 spiro atoms. The molecule has 41 heavy (non-hydrogen) atoms. The fourth-order valence-corrected chi connectivity index (χ4v) is 5.43. The number of benzene rings is 1. The third-order valence-corrected chi connectivity index (χ3v) is 8.11. The van der Waals surface area contributed by atoms with Crippen molar-refractivity contribution in [2.24, 2.45) is 5.92 Å². The number of carbonyl (C=O) groups excluding carboxylic acids is 2. The van der Waals surface area contributed by atoms with Crippen molar-refractivity contribution >= 4 is 17.6 Å². The van der Waals surface area contributed by atoms with E-state index >= 15 is 0 Å². The minimum atomic E-state index is -5.21. The number of likely N-dealkylation sites (N-methyl/N-ethyl adjacent to an activating group) is 1. The predicted molar refractivity (Wildman–Crippen MR) is 149 cm³/mol. The van der Waals surface area contributed by atoms with Gasteiger partial charge in [-0.15, -0.1) is 0 Å². The van der Waals surface area contributed by atoms with E-state index in [9.17, 15) is 27.9 Å². The van der Waals surface area contributed by atoms with Crippen LogP contribution in [0.3, 0.4) is 0 Å². The maximum Gasteiger partial charge on any atom is 0.430 e. The minimum Gasteiger partial charge on any atom is -0.497 e. The Morgan fingerprint density at radius 1 is 1.07 bits per heavy atom. The largest absolute Gasteiger partial charge is 0.497 e. The predicted octanol–water partition coefficient (Wildman–Crippen LogP) is 4.57. The summed E-state index contributed by atoms with van der Waals surface area (Å²) in [5, 5.41) is 10.7. The van der Waals surface area contributed by atoms with Gasteiger partial charge in [-0.3, -0.25) is 9.59 Å². The van der Waals surface area contributed by atoms with Crippen LogP contribution in [0.25, 0.3) is 0 Å². The molecule has 1 aliphatic heterocycles. The van der Waals surface area contributed by atoms with Gasteiger partial charge < -0.3 is 24.5 Å². The number of aromatic nitrogens is 1. The Labute approximate surface area is 239 Å². The first-order valence-corrected chi connectivity index (χ1v) is 14.0. The highest BCUT2D eigenvalue weighted by molar-refractivity contribution is 5.95. The number of carbonyl (C=O) groups is 2. The van der Waals surface area contributed by atoms with Crippen molar-refractivity contribution in [1.82, 2.24) is 14.8 Å². The lowest BCUT2D eigenvalue weighted by Gasteiger charge is -2.35. The Morgan fingerprint density at radius 3 is 2.34 bits per heavy atom. The Hall–Kier alpha value is -3.34. The first kappa shape index (κ1) is 30.6. The molecule has 0 radical (unpaired) electrons. The highest BCUT2D eigenvalue weighted by Crippen LogP contribution is 2.43. The zero-order chi connectivity index (χ0) is 29.9. The van der Waals surface area contributed by atoms with Gasteiger partial charge in [-0.05, 0) is 68.7 Å². The monoisotopic (exact) mass is 576 g/mol. The summed E-state index contributed by atoms with van der Waals surface area (Å²) in [4.78, 5) is 35.2. The van der Waals surface area contributed by atoms with E-state index < -0.39 is 23.2 Å². The summed E-state index contributed by atoms with van der Waals surface area (Å²) < 4.78 is 47.1. The molecular weight excluding hydrogens is 537 g/mol. The zero-order valence-corrected chi connectivity index (χ0v) is 24.1. The molecule has 1 aromatic heterocycles. The van der Waals surface area contributed by atoms with E-state index in [1.54, 1.807) is 19.0 Å². The van der Waals surface area contributed by atoms with E-state index in [0.717, 1.165) is 73.7 Å². The number of rotatable bonds is 10. The van der Waals surface area contributed by atoms with Gasteiger partial charge in [0, 0.05) is 52.3 Å². The third kappa shape index (κ3) is 6.60. The number of amides is 2. The number of anilines is 1. The maximum absolute atomic E-state index is 14.0.